The first-order valence-electron chi connectivity index (χ1n) is 7.11. The number of hydrogen-bond donors (Lipinski definition) is 1. The van der Waals surface area contributed by atoms with Gasteiger partial charge in [-0.2, -0.15) is 5.10 Å². The van der Waals surface area contributed by atoms with Gasteiger partial charge in [-0.05, 0) is 30.3 Å². The second-order valence-corrected chi connectivity index (χ2v) is 5.08. The van der Waals surface area contributed by atoms with E-state index in [2.05, 4.69) is 5.10 Å². The van der Waals surface area contributed by atoms with Crippen molar-refractivity contribution >= 4 is 16.9 Å². The third-order valence-electron chi connectivity index (χ3n) is 3.64. The van der Waals surface area contributed by atoms with Gasteiger partial charge in [-0.3, -0.25) is 0 Å². The SMILES string of the molecule is O=C(O)c1ccc(-c2nn(-c3ccccc3)c3ccccc23)o1. The maximum absolute atomic E-state index is 11.0. The standard InChI is InChI=1S/C18H12N2O3/c21-18(22)16-11-10-15(23-16)17-13-8-4-5-9-14(13)20(19-17)12-6-2-1-3-7-12/h1-11H,(H,21,22). The van der Waals surface area contributed by atoms with E-state index in [-0.39, 0.29) is 5.76 Å². The van der Waals surface area contributed by atoms with Gasteiger partial charge in [-0.15, -0.1) is 0 Å². The molecule has 2 heterocycles. The van der Waals surface area contributed by atoms with Gasteiger partial charge in [0.2, 0.25) is 5.76 Å². The van der Waals surface area contributed by atoms with Crippen molar-refractivity contribution in [2.24, 2.45) is 0 Å². The van der Waals surface area contributed by atoms with Crippen LogP contribution < -0.4 is 0 Å². The highest BCUT2D eigenvalue weighted by molar-refractivity contribution is 5.94. The van der Waals surface area contributed by atoms with Crippen LogP contribution in [0.25, 0.3) is 28.0 Å². The molecular weight excluding hydrogens is 292 g/mol. The van der Waals surface area contributed by atoms with Crippen LogP contribution in [0.5, 0.6) is 0 Å². The molecule has 0 atom stereocenters. The molecule has 0 spiro atoms. The minimum atomic E-state index is -1.09. The number of carboxylic acid groups (broad SMARTS) is 1. The number of hydrogen-bond acceptors (Lipinski definition) is 3. The van der Waals surface area contributed by atoms with E-state index in [4.69, 9.17) is 9.52 Å². The summed E-state index contributed by atoms with van der Waals surface area (Å²) < 4.78 is 7.24. The minimum Gasteiger partial charge on any atom is -0.475 e. The van der Waals surface area contributed by atoms with Gasteiger partial charge in [0, 0.05) is 5.39 Å². The van der Waals surface area contributed by atoms with Crippen molar-refractivity contribution in [2.75, 3.05) is 0 Å². The Morgan fingerprint density at radius 3 is 2.43 bits per heavy atom. The maximum atomic E-state index is 11.0. The Kier molecular flexibility index (Phi) is 2.98. The number of nitrogens with zero attached hydrogens (tertiary/aromatic N) is 2. The normalized spacial score (nSPS) is 11.0. The molecular formula is C18H12N2O3. The van der Waals surface area contributed by atoms with E-state index in [1.165, 1.54) is 6.07 Å². The number of aromatic carboxylic acids is 1. The zero-order valence-corrected chi connectivity index (χ0v) is 12.0. The predicted molar refractivity (Wildman–Crippen MR) is 85.7 cm³/mol. The van der Waals surface area contributed by atoms with Crippen molar-refractivity contribution in [3.63, 3.8) is 0 Å². The number of benzene rings is 2. The number of para-hydroxylation sites is 2. The van der Waals surface area contributed by atoms with E-state index in [0.717, 1.165) is 16.6 Å². The first kappa shape index (κ1) is 13.3. The van der Waals surface area contributed by atoms with Crippen LogP contribution in [0.3, 0.4) is 0 Å². The molecule has 5 heteroatoms. The molecule has 0 unspecified atom stereocenters. The molecule has 0 aliphatic carbocycles. The minimum absolute atomic E-state index is 0.0988. The third-order valence-corrected chi connectivity index (χ3v) is 3.64. The van der Waals surface area contributed by atoms with Gasteiger partial charge in [0.1, 0.15) is 5.69 Å². The fraction of sp³-hybridized carbons (Fsp3) is 0. The lowest BCUT2D eigenvalue weighted by Crippen LogP contribution is -1.95. The lowest BCUT2D eigenvalue weighted by molar-refractivity contribution is 0.0663. The molecule has 2 aromatic heterocycles. The molecule has 2 aromatic carbocycles. The summed E-state index contributed by atoms with van der Waals surface area (Å²) in [5, 5.41) is 14.6. The molecule has 23 heavy (non-hydrogen) atoms. The molecule has 0 bridgehead atoms. The molecule has 0 radical (unpaired) electrons. The van der Waals surface area contributed by atoms with Crippen molar-refractivity contribution in [2.45, 2.75) is 0 Å². The van der Waals surface area contributed by atoms with Crippen LogP contribution >= 0.6 is 0 Å². The average molecular weight is 304 g/mol. The Balaban J connectivity index is 1.95. The van der Waals surface area contributed by atoms with Gasteiger partial charge in [0.25, 0.3) is 0 Å². The summed E-state index contributed by atoms with van der Waals surface area (Å²) in [7, 11) is 0. The monoisotopic (exact) mass is 304 g/mol. The highest BCUT2D eigenvalue weighted by atomic mass is 16.4. The van der Waals surface area contributed by atoms with Crippen LogP contribution in [0.1, 0.15) is 10.6 Å². The van der Waals surface area contributed by atoms with E-state index >= 15 is 0 Å². The number of rotatable bonds is 3. The largest absolute Gasteiger partial charge is 0.475 e. The van der Waals surface area contributed by atoms with E-state index < -0.39 is 5.97 Å². The Labute approximate surface area is 131 Å². The number of carbonyl (C=O) groups is 1. The van der Waals surface area contributed by atoms with Gasteiger partial charge in [-0.1, -0.05) is 36.4 Å². The molecule has 0 fully saturated rings. The Morgan fingerprint density at radius 1 is 0.957 bits per heavy atom. The summed E-state index contributed by atoms with van der Waals surface area (Å²) in [5.41, 5.74) is 2.49. The molecule has 0 aliphatic rings. The highest BCUT2D eigenvalue weighted by Crippen LogP contribution is 2.30. The summed E-state index contributed by atoms with van der Waals surface area (Å²) >= 11 is 0. The first-order valence-corrected chi connectivity index (χ1v) is 7.11. The predicted octanol–water partition coefficient (Wildman–Crippen LogP) is 3.98. The Morgan fingerprint density at radius 2 is 1.70 bits per heavy atom. The van der Waals surface area contributed by atoms with Crippen LogP contribution in [0, 0.1) is 0 Å². The second kappa shape index (κ2) is 5.14. The van der Waals surface area contributed by atoms with Crippen molar-refractivity contribution < 1.29 is 14.3 Å². The Hall–Kier alpha value is -3.34. The number of fused-ring (bicyclic) bond motifs is 1. The van der Waals surface area contributed by atoms with Gasteiger partial charge >= 0.3 is 5.97 Å². The van der Waals surface area contributed by atoms with Crippen molar-refractivity contribution in [1.29, 1.82) is 0 Å². The molecule has 5 nitrogen and oxygen atoms in total. The molecule has 112 valence electrons. The number of carboxylic acids is 1. The summed E-state index contributed by atoms with van der Waals surface area (Å²) in [6.07, 6.45) is 0. The van der Waals surface area contributed by atoms with Crippen molar-refractivity contribution in [1.82, 2.24) is 9.78 Å². The Bertz CT molecular complexity index is 999. The van der Waals surface area contributed by atoms with Gasteiger partial charge in [-0.25, -0.2) is 9.48 Å². The third kappa shape index (κ3) is 2.19. The quantitative estimate of drug-likeness (QED) is 0.621. The lowest BCUT2D eigenvalue weighted by Gasteiger charge is -2.01. The topological polar surface area (TPSA) is 68.3 Å². The summed E-state index contributed by atoms with van der Waals surface area (Å²) in [5.74, 6) is -0.755. The zero-order chi connectivity index (χ0) is 15.8. The maximum Gasteiger partial charge on any atom is 0.371 e. The van der Waals surface area contributed by atoms with Crippen LogP contribution in [-0.2, 0) is 0 Å². The summed E-state index contributed by atoms with van der Waals surface area (Å²) in [6, 6.07) is 20.6. The number of aromatic nitrogens is 2. The molecule has 0 aliphatic heterocycles. The fourth-order valence-electron chi connectivity index (χ4n) is 2.59. The van der Waals surface area contributed by atoms with E-state index in [0.29, 0.717) is 11.5 Å². The highest BCUT2D eigenvalue weighted by Gasteiger charge is 2.17. The molecule has 0 amide bonds. The van der Waals surface area contributed by atoms with Crippen LogP contribution in [0.4, 0.5) is 0 Å². The number of furan rings is 1. The van der Waals surface area contributed by atoms with Crippen LogP contribution in [0.15, 0.2) is 71.1 Å². The summed E-state index contributed by atoms with van der Waals surface area (Å²) in [6.45, 7) is 0. The molecule has 4 aromatic rings. The van der Waals surface area contributed by atoms with Gasteiger partial charge in [0.15, 0.2) is 5.76 Å². The van der Waals surface area contributed by atoms with Gasteiger partial charge < -0.3 is 9.52 Å². The van der Waals surface area contributed by atoms with E-state index in [1.807, 2.05) is 59.3 Å². The molecule has 0 saturated carbocycles. The van der Waals surface area contributed by atoms with E-state index in [1.54, 1.807) is 6.07 Å². The van der Waals surface area contributed by atoms with Gasteiger partial charge in [0.05, 0.1) is 11.2 Å². The molecule has 0 saturated heterocycles. The van der Waals surface area contributed by atoms with Crippen molar-refractivity contribution in [3.05, 3.63) is 72.5 Å². The van der Waals surface area contributed by atoms with Crippen LogP contribution in [-0.4, -0.2) is 20.9 Å². The average Bonchev–Trinajstić information content (AvgIpc) is 3.20. The smallest absolute Gasteiger partial charge is 0.371 e. The second-order valence-electron chi connectivity index (χ2n) is 5.08. The zero-order valence-electron chi connectivity index (χ0n) is 12.0. The van der Waals surface area contributed by atoms with E-state index in [9.17, 15) is 4.79 Å². The first-order chi connectivity index (χ1) is 11.2. The summed E-state index contributed by atoms with van der Waals surface area (Å²) in [4.78, 5) is 11.0. The molecule has 4 rings (SSSR count). The van der Waals surface area contributed by atoms with Crippen molar-refractivity contribution in [3.8, 4) is 17.1 Å². The molecule has 1 N–H and O–H groups in total. The fourth-order valence-corrected chi connectivity index (χ4v) is 2.59. The lowest BCUT2D eigenvalue weighted by atomic mass is 10.2. The van der Waals surface area contributed by atoms with Crippen LogP contribution in [0.2, 0.25) is 0 Å².